The van der Waals surface area contributed by atoms with Crippen LogP contribution in [0.2, 0.25) is 0 Å². The molecule has 7 nitrogen and oxygen atoms in total. The lowest BCUT2D eigenvalue weighted by Crippen LogP contribution is -2.49. The van der Waals surface area contributed by atoms with E-state index in [9.17, 15) is 23.2 Å². The van der Waals surface area contributed by atoms with Crippen LogP contribution in [0, 0.1) is 11.3 Å². The molecule has 0 aliphatic carbocycles. The number of carbonyl (C=O) groups excluding carboxylic acids is 1. The maximum atomic E-state index is 12.6. The van der Waals surface area contributed by atoms with Crippen molar-refractivity contribution in [3.63, 3.8) is 0 Å². The highest BCUT2D eigenvalue weighted by molar-refractivity contribution is 5.95. The molecule has 1 aliphatic rings. The largest absolute Gasteiger partial charge is 0.573 e. The Balaban J connectivity index is 1.68. The predicted octanol–water partition coefficient (Wildman–Crippen LogP) is 5.31. The number of hydrogen-bond acceptors (Lipinski definition) is 6. The zero-order valence-electron chi connectivity index (χ0n) is 19.8. The van der Waals surface area contributed by atoms with Crippen LogP contribution in [0.5, 0.6) is 17.2 Å². The van der Waals surface area contributed by atoms with Gasteiger partial charge in [-0.25, -0.2) is 0 Å². The van der Waals surface area contributed by atoms with Gasteiger partial charge in [0.15, 0.2) is 11.8 Å². The van der Waals surface area contributed by atoms with Crippen LogP contribution in [-0.2, 0) is 11.2 Å². The normalized spacial score (nSPS) is 17.2. The van der Waals surface area contributed by atoms with Gasteiger partial charge < -0.3 is 24.3 Å². The molecule has 0 radical (unpaired) electrons. The quantitative estimate of drug-likeness (QED) is 0.441. The Kier molecular flexibility index (Phi) is 8.83. The minimum atomic E-state index is -4.84. The molecule has 0 saturated carbocycles. The summed E-state index contributed by atoms with van der Waals surface area (Å²) in [6.45, 7) is 5.71. The first-order valence-electron chi connectivity index (χ1n) is 11.4. The van der Waals surface area contributed by atoms with Crippen molar-refractivity contribution in [3.8, 4) is 23.3 Å². The zero-order valence-corrected chi connectivity index (χ0v) is 19.8. The number of rotatable bonds is 10. The molecule has 0 aromatic heterocycles. The molecule has 2 atom stereocenters. The molecule has 1 saturated heterocycles. The van der Waals surface area contributed by atoms with Crippen molar-refractivity contribution in [1.29, 1.82) is 5.26 Å². The molecular formula is C26H27F3N2O5. The van der Waals surface area contributed by atoms with Gasteiger partial charge in [-0.15, -0.1) is 19.8 Å². The van der Waals surface area contributed by atoms with Gasteiger partial charge in [0.1, 0.15) is 23.9 Å². The number of halogens is 3. The van der Waals surface area contributed by atoms with E-state index in [1.165, 1.54) is 19.1 Å². The summed E-state index contributed by atoms with van der Waals surface area (Å²) in [6.07, 6.45) is -0.261. The Morgan fingerprint density at radius 2 is 1.94 bits per heavy atom. The smallest absolute Gasteiger partial charge is 0.490 e. The molecule has 1 heterocycles. The molecule has 192 valence electrons. The average Bonchev–Trinajstić information content (AvgIpc) is 2.84. The first kappa shape index (κ1) is 26.9. The fourth-order valence-corrected chi connectivity index (χ4v) is 3.53. The van der Waals surface area contributed by atoms with Gasteiger partial charge in [-0.2, -0.15) is 5.26 Å². The lowest BCUT2D eigenvalue weighted by Gasteiger charge is -2.26. The van der Waals surface area contributed by atoms with Crippen molar-refractivity contribution in [1.82, 2.24) is 5.32 Å². The van der Waals surface area contributed by atoms with Crippen LogP contribution in [0.15, 0.2) is 55.1 Å². The minimum absolute atomic E-state index is 0.0567. The van der Waals surface area contributed by atoms with Crippen molar-refractivity contribution in [3.05, 3.63) is 66.2 Å². The third-order valence-corrected chi connectivity index (χ3v) is 5.34. The third kappa shape index (κ3) is 7.65. The van der Waals surface area contributed by atoms with E-state index >= 15 is 0 Å². The molecule has 0 unspecified atom stereocenters. The Morgan fingerprint density at radius 1 is 1.22 bits per heavy atom. The van der Waals surface area contributed by atoms with Crippen molar-refractivity contribution in [2.75, 3.05) is 13.2 Å². The summed E-state index contributed by atoms with van der Waals surface area (Å²) in [6, 6.07) is 11.7. The second-order valence-corrected chi connectivity index (χ2v) is 8.40. The highest BCUT2D eigenvalue weighted by Gasteiger charge is 2.32. The van der Waals surface area contributed by atoms with Gasteiger partial charge in [0.05, 0.1) is 12.7 Å². The summed E-state index contributed by atoms with van der Waals surface area (Å²) in [5.41, 5.74) is -0.651. The van der Waals surface area contributed by atoms with Crippen LogP contribution in [0.3, 0.4) is 0 Å². The van der Waals surface area contributed by atoms with Crippen molar-refractivity contribution < 1.29 is 36.9 Å². The Morgan fingerprint density at radius 3 is 2.56 bits per heavy atom. The van der Waals surface area contributed by atoms with Crippen LogP contribution in [-0.4, -0.2) is 37.3 Å². The monoisotopic (exact) mass is 504 g/mol. The van der Waals surface area contributed by atoms with Crippen molar-refractivity contribution in [2.24, 2.45) is 0 Å². The highest BCUT2D eigenvalue weighted by atomic mass is 19.4. The fourth-order valence-electron chi connectivity index (χ4n) is 3.53. The van der Waals surface area contributed by atoms with E-state index in [4.69, 9.17) is 14.2 Å². The number of nitrogens with zero attached hydrogens (tertiary/aromatic N) is 1. The Bertz CT molecular complexity index is 1090. The van der Waals surface area contributed by atoms with Gasteiger partial charge in [-0.3, -0.25) is 4.79 Å². The van der Waals surface area contributed by atoms with E-state index in [0.29, 0.717) is 24.5 Å². The van der Waals surface area contributed by atoms with Crippen LogP contribution < -0.4 is 19.5 Å². The minimum Gasteiger partial charge on any atom is -0.490 e. The molecule has 1 amide bonds. The number of alkyl halides is 3. The topological polar surface area (TPSA) is 89.8 Å². The number of ether oxygens (including phenoxy) is 4. The molecule has 3 rings (SSSR count). The molecule has 0 bridgehead atoms. The number of amides is 1. The summed E-state index contributed by atoms with van der Waals surface area (Å²) in [7, 11) is 0. The standard InChI is InChI=1S/C26H27F3N2O5/c1-3-7-20-21(8-6-9-22(20)35-23-10-4-5-15-33-23)34-17-25(2,16-30)31-24(32)18-11-13-19(14-12-18)36-26(27,28)29/h3,6,8-9,11-14,23H,1,4-5,7,10,15,17H2,2H3,(H,31,32)/t23-,25+/m1/s1. The molecular weight excluding hydrogens is 477 g/mol. The molecule has 2 aromatic carbocycles. The molecule has 36 heavy (non-hydrogen) atoms. The summed E-state index contributed by atoms with van der Waals surface area (Å²) in [4.78, 5) is 12.6. The van der Waals surface area contributed by atoms with Gasteiger partial charge in [-0.1, -0.05) is 12.1 Å². The van der Waals surface area contributed by atoms with Gasteiger partial charge in [0, 0.05) is 17.5 Å². The number of carbonyl (C=O) groups is 1. The lowest BCUT2D eigenvalue weighted by molar-refractivity contribution is -0.274. The summed E-state index contributed by atoms with van der Waals surface area (Å²) < 4.78 is 58.5. The SMILES string of the molecule is C=CCc1c(OC[C@](C)(C#N)NC(=O)c2ccc(OC(F)(F)F)cc2)cccc1O[C@@H]1CCCCO1. The average molecular weight is 505 g/mol. The first-order chi connectivity index (χ1) is 17.1. The summed E-state index contributed by atoms with van der Waals surface area (Å²) in [5, 5.41) is 12.3. The van der Waals surface area contributed by atoms with Gasteiger partial charge in [-0.05, 0) is 62.6 Å². The summed E-state index contributed by atoms with van der Waals surface area (Å²) >= 11 is 0. The lowest BCUT2D eigenvalue weighted by atomic mass is 10.0. The van der Waals surface area contributed by atoms with E-state index < -0.39 is 23.6 Å². The zero-order chi connectivity index (χ0) is 26.2. The summed E-state index contributed by atoms with van der Waals surface area (Å²) in [5.74, 6) is -0.0595. The third-order valence-electron chi connectivity index (χ3n) is 5.34. The van der Waals surface area contributed by atoms with Crippen LogP contribution in [0.4, 0.5) is 13.2 Å². The maximum absolute atomic E-state index is 12.6. The van der Waals surface area contributed by atoms with Gasteiger partial charge >= 0.3 is 6.36 Å². The number of allylic oxidation sites excluding steroid dienone is 1. The van der Waals surface area contributed by atoms with Crippen LogP contribution >= 0.6 is 0 Å². The molecule has 1 aliphatic heterocycles. The van der Waals surface area contributed by atoms with E-state index in [-0.39, 0.29) is 18.5 Å². The maximum Gasteiger partial charge on any atom is 0.573 e. The number of benzene rings is 2. The Labute approximate surface area is 207 Å². The molecule has 2 aromatic rings. The van der Waals surface area contributed by atoms with Crippen LogP contribution in [0.25, 0.3) is 0 Å². The molecule has 0 spiro atoms. The van der Waals surface area contributed by atoms with E-state index in [1.54, 1.807) is 24.3 Å². The second kappa shape index (κ2) is 11.8. The van der Waals surface area contributed by atoms with Gasteiger partial charge in [0.25, 0.3) is 5.91 Å². The first-order valence-corrected chi connectivity index (χ1v) is 11.4. The Hall–Kier alpha value is -3.71. The van der Waals surface area contributed by atoms with E-state index in [2.05, 4.69) is 16.6 Å². The number of hydrogen-bond donors (Lipinski definition) is 1. The van der Waals surface area contributed by atoms with Gasteiger partial charge in [0.2, 0.25) is 0 Å². The second-order valence-electron chi connectivity index (χ2n) is 8.40. The van der Waals surface area contributed by atoms with E-state index in [0.717, 1.165) is 37.0 Å². The van der Waals surface area contributed by atoms with Crippen molar-refractivity contribution >= 4 is 5.91 Å². The van der Waals surface area contributed by atoms with Crippen LogP contribution in [0.1, 0.15) is 42.1 Å². The molecule has 1 fully saturated rings. The van der Waals surface area contributed by atoms with Crippen molar-refractivity contribution in [2.45, 2.75) is 50.8 Å². The molecule has 10 heteroatoms. The molecule has 1 N–H and O–H groups in total. The predicted molar refractivity (Wildman–Crippen MR) is 125 cm³/mol. The highest BCUT2D eigenvalue weighted by Crippen LogP contribution is 2.32. The van der Waals surface area contributed by atoms with E-state index in [1.807, 2.05) is 6.07 Å². The number of nitriles is 1. The number of nitrogens with one attached hydrogen (secondary N) is 1. The fraction of sp³-hybridized carbons (Fsp3) is 0.385.